The van der Waals surface area contributed by atoms with Crippen LogP contribution in [0.25, 0.3) is 11.5 Å². The molecule has 1 aromatic heterocycles. The summed E-state index contributed by atoms with van der Waals surface area (Å²) in [6.07, 6.45) is -2.99. The summed E-state index contributed by atoms with van der Waals surface area (Å²) < 4.78 is 43.6. The van der Waals surface area contributed by atoms with Crippen molar-refractivity contribution < 1.29 is 17.6 Å². The summed E-state index contributed by atoms with van der Waals surface area (Å²) in [5.41, 5.74) is -0.509. The molecular formula is C12H10BrF3N2O. The molecule has 0 aliphatic heterocycles. The van der Waals surface area contributed by atoms with Crippen LogP contribution in [0.2, 0.25) is 0 Å². The Morgan fingerprint density at radius 3 is 2.63 bits per heavy atom. The van der Waals surface area contributed by atoms with Crippen molar-refractivity contribution in [3.8, 4) is 11.5 Å². The number of rotatable bonds is 3. The van der Waals surface area contributed by atoms with E-state index in [1.54, 1.807) is 0 Å². The van der Waals surface area contributed by atoms with Crippen molar-refractivity contribution in [2.45, 2.75) is 25.9 Å². The number of halogens is 4. The first kappa shape index (κ1) is 14.0. The third-order valence-corrected chi connectivity index (χ3v) is 3.14. The fourth-order valence-corrected chi connectivity index (χ4v) is 2.03. The Morgan fingerprint density at radius 1 is 1.26 bits per heavy atom. The molecule has 0 fully saturated rings. The highest BCUT2D eigenvalue weighted by atomic mass is 79.9. The van der Waals surface area contributed by atoms with Crippen molar-refractivity contribution >= 4 is 15.9 Å². The van der Waals surface area contributed by atoms with Crippen LogP contribution in [0, 0.1) is 0 Å². The Labute approximate surface area is 116 Å². The van der Waals surface area contributed by atoms with Gasteiger partial charge in [0.2, 0.25) is 11.8 Å². The smallest absolute Gasteiger partial charge is 0.417 e. The van der Waals surface area contributed by atoms with E-state index < -0.39 is 11.7 Å². The second-order valence-electron chi connectivity index (χ2n) is 3.94. The summed E-state index contributed by atoms with van der Waals surface area (Å²) in [6.45, 7) is 1.95. The van der Waals surface area contributed by atoms with Crippen molar-refractivity contribution in [3.63, 3.8) is 0 Å². The summed E-state index contributed by atoms with van der Waals surface area (Å²) >= 11 is 2.88. The molecule has 2 rings (SSSR count). The van der Waals surface area contributed by atoms with Crippen LogP contribution >= 0.6 is 15.9 Å². The van der Waals surface area contributed by atoms with Gasteiger partial charge in [-0.1, -0.05) is 22.9 Å². The summed E-state index contributed by atoms with van der Waals surface area (Å²) in [4.78, 5) is 0. The van der Waals surface area contributed by atoms with Crippen LogP contribution in [0.15, 0.2) is 27.1 Å². The molecule has 0 aliphatic rings. The zero-order chi connectivity index (χ0) is 14.0. The normalized spacial score (nSPS) is 11.8. The van der Waals surface area contributed by atoms with Crippen LogP contribution in [0.4, 0.5) is 13.2 Å². The molecule has 0 aliphatic carbocycles. The lowest BCUT2D eigenvalue weighted by Gasteiger charge is -2.09. The number of nitrogens with zero attached hydrogens (tertiary/aromatic N) is 2. The molecule has 0 bridgehead atoms. The highest BCUT2D eigenvalue weighted by molar-refractivity contribution is 9.10. The minimum absolute atomic E-state index is 0.0166. The van der Waals surface area contributed by atoms with Gasteiger partial charge in [0.1, 0.15) is 0 Å². The van der Waals surface area contributed by atoms with Gasteiger partial charge in [-0.15, -0.1) is 10.2 Å². The highest BCUT2D eigenvalue weighted by Crippen LogP contribution is 2.37. The van der Waals surface area contributed by atoms with E-state index in [4.69, 9.17) is 4.42 Å². The van der Waals surface area contributed by atoms with Gasteiger partial charge in [-0.2, -0.15) is 13.2 Å². The molecule has 2 aromatic rings. The average Bonchev–Trinajstić information content (AvgIpc) is 2.77. The highest BCUT2D eigenvalue weighted by Gasteiger charge is 2.33. The van der Waals surface area contributed by atoms with Crippen LogP contribution in [-0.4, -0.2) is 10.2 Å². The Morgan fingerprint density at radius 2 is 2.00 bits per heavy atom. The molecule has 0 saturated heterocycles. The number of aryl methyl sites for hydroxylation is 1. The number of hydrogen-bond donors (Lipinski definition) is 0. The molecule has 0 amide bonds. The van der Waals surface area contributed by atoms with Crippen LogP contribution in [0.1, 0.15) is 24.8 Å². The summed E-state index contributed by atoms with van der Waals surface area (Å²) in [5.74, 6) is 0.524. The first-order valence-corrected chi connectivity index (χ1v) is 6.40. The second kappa shape index (κ2) is 5.32. The maximum absolute atomic E-state index is 12.8. The molecule has 0 radical (unpaired) electrons. The molecule has 0 atom stereocenters. The molecule has 0 N–H and O–H groups in total. The van der Waals surface area contributed by atoms with E-state index in [1.807, 2.05) is 6.92 Å². The van der Waals surface area contributed by atoms with Crippen molar-refractivity contribution in [1.29, 1.82) is 0 Å². The van der Waals surface area contributed by atoms with Crippen molar-refractivity contribution in [1.82, 2.24) is 10.2 Å². The molecule has 1 aromatic carbocycles. The monoisotopic (exact) mass is 334 g/mol. The lowest BCUT2D eigenvalue weighted by atomic mass is 10.1. The maximum Gasteiger partial charge on any atom is 0.417 e. The molecule has 7 heteroatoms. The second-order valence-corrected chi connectivity index (χ2v) is 4.80. The minimum atomic E-state index is -4.43. The van der Waals surface area contributed by atoms with Crippen molar-refractivity contribution in [3.05, 3.63) is 34.1 Å². The maximum atomic E-state index is 12.8. The predicted octanol–water partition coefficient (Wildman–Crippen LogP) is 4.47. The van der Waals surface area contributed by atoms with E-state index in [0.29, 0.717) is 12.3 Å². The van der Waals surface area contributed by atoms with Gasteiger partial charge in [0.15, 0.2) is 0 Å². The lowest BCUT2D eigenvalue weighted by Crippen LogP contribution is -2.06. The Bertz CT molecular complexity index is 581. The zero-order valence-electron chi connectivity index (χ0n) is 9.96. The van der Waals surface area contributed by atoms with Crippen LogP contribution in [-0.2, 0) is 12.6 Å². The van der Waals surface area contributed by atoms with Crippen molar-refractivity contribution in [2.24, 2.45) is 0 Å². The van der Waals surface area contributed by atoms with Gasteiger partial charge < -0.3 is 4.42 Å². The molecule has 102 valence electrons. The van der Waals surface area contributed by atoms with Crippen LogP contribution in [0.3, 0.4) is 0 Å². The largest absolute Gasteiger partial charge is 0.421 e. The van der Waals surface area contributed by atoms with Gasteiger partial charge in [-0.25, -0.2) is 0 Å². The SMILES string of the molecule is CCCc1nnc(-c2ccc(Br)c(C(F)(F)F)c2)o1. The van der Waals surface area contributed by atoms with Gasteiger partial charge >= 0.3 is 6.18 Å². The third-order valence-electron chi connectivity index (χ3n) is 2.45. The zero-order valence-corrected chi connectivity index (χ0v) is 11.5. The Hall–Kier alpha value is -1.37. The summed E-state index contributed by atoms with van der Waals surface area (Å²) in [5, 5.41) is 7.55. The standard InChI is InChI=1S/C12H10BrF3N2O/c1-2-3-10-17-18-11(19-10)7-4-5-9(13)8(6-7)12(14,15)16/h4-6H,2-3H2,1H3. The minimum Gasteiger partial charge on any atom is -0.421 e. The van der Waals surface area contributed by atoms with Crippen molar-refractivity contribution in [2.75, 3.05) is 0 Å². The average molecular weight is 335 g/mol. The van der Waals surface area contributed by atoms with Crippen LogP contribution in [0.5, 0.6) is 0 Å². The van der Waals surface area contributed by atoms with Gasteiger partial charge in [-0.3, -0.25) is 0 Å². The Kier molecular flexibility index (Phi) is 3.93. The first-order chi connectivity index (χ1) is 8.91. The predicted molar refractivity (Wildman–Crippen MR) is 66.4 cm³/mol. The van der Waals surface area contributed by atoms with E-state index in [2.05, 4.69) is 26.1 Å². The molecule has 0 spiro atoms. The van der Waals surface area contributed by atoms with E-state index in [-0.39, 0.29) is 15.9 Å². The van der Waals surface area contributed by atoms with E-state index >= 15 is 0 Å². The topological polar surface area (TPSA) is 38.9 Å². The van der Waals surface area contributed by atoms with Gasteiger partial charge in [0.25, 0.3) is 0 Å². The molecule has 19 heavy (non-hydrogen) atoms. The van der Waals surface area contributed by atoms with Crippen LogP contribution < -0.4 is 0 Å². The quantitative estimate of drug-likeness (QED) is 0.831. The molecule has 1 heterocycles. The Balaban J connectivity index is 2.39. The van der Waals surface area contributed by atoms with E-state index in [9.17, 15) is 13.2 Å². The van der Waals surface area contributed by atoms with E-state index in [1.165, 1.54) is 12.1 Å². The number of alkyl halides is 3. The number of hydrogen-bond acceptors (Lipinski definition) is 3. The van der Waals surface area contributed by atoms with E-state index in [0.717, 1.165) is 12.5 Å². The lowest BCUT2D eigenvalue weighted by molar-refractivity contribution is -0.138. The number of aromatic nitrogens is 2. The summed E-state index contributed by atoms with van der Waals surface area (Å²) in [6, 6.07) is 3.82. The van der Waals surface area contributed by atoms with Gasteiger partial charge in [0, 0.05) is 16.5 Å². The molecular weight excluding hydrogens is 325 g/mol. The fraction of sp³-hybridized carbons (Fsp3) is 0.333. The van der Waals surface area contributed by atoms with Gasteiger partial charge in [-0.05, 0) is 24.6 Å². The molecule has 3 nitrogen and oxygen atoms in total. The third kappa shape index (κ3) is 3.15. The fourth-order valence-electron chi connectivity index (χ4n) is 1.56. The first-order valence-electron chi connectivity index (χ1n) is 5.61. The molecule has 0 saturated carbocycles. The summed E-state index contributed by atoms with van der Waals surface area (Å²) in [7, 11) is 0. The molecule has 0 unspecified atom stereocenters. The number of benzene rings is 1. The van der Waals surface area contributed by atoms with Gasteiger partial charge in [0.05, 0.1) is 5.56 Å².